The minimum Gasteiger partial charge on any atom is -0.384 e. The second kappa shape index (κ2) is 6.43. The first-order valence-corrected chi connectivity index (χ1v) is 5.84. The molecule has 0 saturated heterocycles. The van der Waals surface area contributed by atoms with Crippen molar-refractivity contribution < 1.29 is 13.2 Å². The highest BCUT2D eigenvalue weighted by molar-refractivity contribution is 5.58. The highest BCUT2D eigenvalue weighted by Crippen LogP contribution is 2.31. The Bertz CT molecular complexity index is 461. The molecule has 3 nitrogen and oxygen atoms in total. The molecule has 19 heavy (non-hydrogen) atoms. The third-order valence-electron chi connectivity index (χ3n) is 2.56. The summed E-state index contributed by atoms with van der Waals surface area (Å²) in [7, 11) is 3.89. The van der Waals surface area contributed by atoms with Crippen molar-refractivity contribution in [3.63, 3.8) is 0 Å². The molecule has 6 heteroatoms. The van der Waals surface area contributed by atoms with Crippen molar-refractivity contribution in [2.24, 2.45) is 0 Å². The maximum atomic E-state index is 12.5. The van der Waals surface area contributed by atoms with E-state index < -0.39 is 11.7 Å². The van der Waals surface area contributed by atoms with Gasteiger partial charge in [0.05, 0.1) is 16.8 Å². The number of benzene rings is 1. The smallest absolute Gasteiger partial charge is 0.384 e. The average molecular weight is 271 g/mol. The zero-order chi connectivity index (χ0) is 14.5. The van der Waals surface area contributed by atoms with Crippen LogP contribution in [0.15, 0.2) is 18.2 Å². The van der Waals surface area contributed by atoms with Crippen LogP contribution in [0.25, 0.3) is 0 Å². The molecule has 0 amide bonds. The Morgan fingerprint density at radius 3 is 2.53 bits per heavy atom. The molecule has 1 aromatic rings. The van der Waals surface area contributed by atoms with Crippen molar-refractivity contribution in [2.75, 3.05) is 32.5 Å². The Morgan fingerprint density at radius 2 is 2.00 bits per heavy atom. The molecule has 0 atom stereocenters. The topological polar surface area (TPSA) is 39.1 Å². The van der Waals surface area contributed by atoms with E-state index in [2.05, 4.69) is 5.32 Å². The molecule has 0 aliphatic rings. The largest absolute Gasteiger partial charge is 0.416 e. The summed E-state index contributed by atoms with van der Waals surface area (Å²) in [5.74, 6) is 0. The lowest BCUT2D eigenvalue weighted by Gasteiger charge is -2.13. The van der Waals surface area contributed by atoms with Gasteiger partial charge in [-0.3, -0.25) is 0 Å². The van der Waals surface area contributed by atoms with Gasteiger partial charge in [-0.1, -0.05) is 0 Å². The number of alkyl halides is 3. The second-order valence-electron chi connectivity index (χ2n) is 4.45. The first-order valence-electron chi connectivity index (χ1n) is 5.84. The summed E-state index contributed by atoms with van der Waals surface area (Å²) in [6.07, 6.45) is -3.58. The number of halogens is 3. The second-order valence-corrected chi connectivity index (χ2v) is 4.45. The summed E-state index contributed by atoms with van der Waals surface area (Å²) >= 11 is 0. The Labute approximate surface area is 110 Å². The molecule has 1 aromatic carbocycles. The van der Waals surface area contributed by atoms with Crippen LogP contribution in [0.2, 0.25) is 0 Å². The van der Waals surface area contributed by atoms with E-state index >= 15 is 0 Å². The molecule has 0 aliphatic heterocycles. The molecule has 0 radical (unpaired) electrons. The van der Waals surface area contributed by atoms with Crippen molar-refractivity contribution in [1.82, 2.24) is 4.90 Å². The van der Waals surface area contributed by atoms with Crippen molar-refractivity contribution in [3.8, 4) is 6.07 Å². The normalized spacial score (nSPS) is 11.4. The van der Waals surface area contributed by atoms with Crippen molar-refractivity contribution >= 4 is 5.69 Å². The van der Waals surface area contributed by atoms with Crippen LogP contribution in [-0.4, -0.2) is 32.1 Å². The first kappa shape index (κ1) is 15.3. The summed E-state index contributed by atoms with van der Waals surface area (Å²) in [5, 5.41) is 11.9. The quantitative estimate of drug-likeness (QED) is 0.837. The van der Waals surface area contributed by atoms with Crippen LogP contribution in [0.1, 0.15) is 17.5 Å². The van der Waals surface area contributed by atoms with Gasteiger partial charge in [-0.15, -0.1) is 0 Å². The fourth-order valence-corrected chi connectivity index (χ4v) is 1.59. The lowest BCUT2D eigenvalue weighted by atomic mass is 10.1. The van der Waals surface area contributed by atoms with Crippen molar-refractivity contribution in [1.29, 1.82) is 5.26 Å². The lowest BCUT2D eigenvalue weighted by molar-refractivity contribution is -0.137. The van der Waals surface area contributed by atoms with E-state index in [4.69, 9.17) is 5.26 Å². The SMILES string of the molecule is CN(C)CCCNc1ccc(C(F)(F)F)cc1C#N. The monoisotopic (exact) mass is 271 g/mol. The molecule has 0 unspecified atom stereocenters. The molecular weight excluding hydrogens is 255 g/mol. The van der Waals surface area contributed by atoms with Gasteiger partial charge >= 0.3 is 6.18 Å². The van der Waals surface area contributed by atoms with Crippen LogP contribution in [0.5, 0.6) is 0 Å². The Morgan fingerprint density at radius 1 is 1.32 bits per heavy atom. The third kappa shape index (κ3) is 4.79. The highest BCUT2D eigenvalue weighted by atomic mass is 19.4. The average Bonchev–Trinajstić information content (AvgIpc) is 2.33. The molecule has 0 heterocycles. The number of hydrogen-bond donors (Lipinski definition) is 1. The van der Waals surface area contributed by atoms with Gasteiger partial charge in [-0.05, 0) is 45.3 Å². The number of nitrogens with one attached hydrogen (secondary N) is 1. The summed E-state index contributed by atoms with van der Waals surface area (Å²) in [6, 6.07) is 4.94. The molecule has 0 saturated carbocycles. The van der Waals surface area contributed by atoms with E-state index in [9.17, 15) is 13.2 Å². The predicted molar refractivity (Wildman–Crippen MR) is 67.8 cm³/mol. The summed E-state index contributed by atoms with van der Waals surface area (Å²) in [5.41, 5.74) is -0.350. The zero-order valence-electron chi connectivity index (χ0n) is 10.9. The van der Waals surface area contributed by atoms with E-state index in [1.807, 2.05) is 19.0 Å². The van der Waals surface area contributed by atoms with Gasteiger partial charge in [0.15, 0.2) is 0 Å². The molecule has 104 valence electrons. The highest BCUT2D eigenvalue weighted by Gasteiger charge is 2.30. The molecule has 0 spiro atoms. The maximum Gasteiger partial charge on any atom is 0.416 e. The lowest BCUT2D eigenvalue weighted by Crippen LogP contribution is -2.16. The molecule has 1 rings (SSSR count). The van der Waals surface area contributed by atoms with E-state index in [1.54, 1.807) is 6.07 Å². The predicted octanol–water partition coefficient (Wildman–Crippen LogP) is 2.94. The van der Waals surface area contributed by atoms with Crippen LogP contribution < -0.4 is 5.32 Å². The van der Waals surface area contributed by atoms with Gasteiger partial charge in [0.1, 0.15) is 6.07 Å². The van der Waals surface area contributed by atoms with Crippen LogP contribution in [0.4, 0.5) is 18.9 Å². The molecule has 0 aromatic heterocycles. The summed E-state index contributed by atoms with van der Waals surface area (Å²) < 4.78 is 37.5. The summed E-state index contributed by atoms with van der Waals surface area (Å²) in [4.78, 5) is 2.01. The third-order valence-corrected chi connectivity index (χ3v) is 2.56. The van der Waals surface area contributed by atoms with Gasteiger partial charge in [-0.25, -0.2) is 0 Å². The van der Waals surface area contributed by atoms with Crippen LogP contribution >= 0.6 is 0 Å². The molecule has 0 fully saturated rings. The maximum absolute atomic E-state index is 12.5. The van der Waals surface area contributed by atoms with Crippen molar-refractivity contribution in [2.45, 2.75) is 12.6 Å². The molecule has 1 N–H and O–H groups in total. The summed E-state index contributed by atoms with van der Waals surface area (Å²) in [6.45, 7) is 1.48. The zero-order valence-corrected chi connectivity index (χ0v) is 10.9. The van der Waals surface area contributed by atoms with E-state index in [-0.39, 0.29) is 5.56 Å². The Hall–Kier alpha value is -1.74. The Balaban J connectivity index is 2.72. The number of nitriles is 1. The first-order chi connectivity index (χ1) is 8.84. The fourth-order valence-electron chi connectivity index (χ4n) is 1.59. The Kier molecular flexibility index (Phi) is 5.19. The fraction of sp³-hybridized carbons (Fsp3) is 0.462. The van der Waals surface area contributed by atoms with E-state index in [1.165, 1.54) is 6.07 Å². The van der Waals surface area contributed by atoms with Gasteiger partial charge in [0.25, 0.3) is 0 Å². The van der Waals surface area contributed by atoms with Crippen LogP contribution in [0.3, 0.4) is 0 Å². The van der Waals surface area contributed by atoms with E-state index in [0.29, 0.717) is 12.2 Å². The van der Waals surface area contributed by atoms with E-state index in [0.717, 1.165) is 25.1 Å². The number of nitrogens with zero attached hydrogens (tertiary/aromatic N) is 2. The van der Waals surface area contributed by atoms with Gasteiger partial charge < -0.3 is 10.2 Å². The minimum atomic E-state index is -4.42. The number of anilines is 1. The number of rotatable bonds is 5. The standard InChI is InChI=1S/C13H16F3N3/c1-19(2)7-3-6-18-12-5-4-11(13(14,15)16)8-10(12)9-17/h4-5,8,18H,3,6-7H2,1-2H3. The van der Waals surface area contributed by atoms with Crippen LogP contribution in [-0.2, 0) is 6.18 Å². The molecule has 0 bridgehead atoms. The minimum absolute atomic E-state index is 0.0136. The van der Waals surface area contributed by atoms with Gasteiger partial charge in [0, 0.05) is 6.54 Å². The van der Waals surface area contributed by atoms with Gasteiger partial charge in [-0.2, -0.15) is 18.4 Å². The van der Waals surface area contributed by atoms with Gasteiger partial charge in [0.2, 0.25) is 0 Å². The van der Waals surface area contributed by atoms with Crippen LogP contribution in [0, 0.1) is 11.3 Å². The van der Waals surface area contributed by atoms with Crippen molar-refractivity contribution in [3.05, 3.63) is 29.3 Å². The molecule has 0 aliphatic carbocycles. The molecular formula is C13H16F3N3. The number of hydrogen-bond acceptors (Lipinski definition) is 3.